The molecule has 0 atom stereocenters. The lowest BCUT2D eigenvalue weighted by Gasteiger charge is -1.96. The minimum Gasteiger partial charge on any atom is -0.306 e. The summed E-state index contributed by atoms with van der Waals surface area (Å²) in [6.07, 6.45) is 5.05. The molecule has 0 aromatic carbocycles. The highest BCUT2D eigenvalue weighted by Crippen LogP contribution is 2.19. The second-order valence-corrected chi connectivity index (χ2v) is 3.55. The van der Waals surface area contributed by atoms with Crippen molar-refractivity contribution in [1.29, 1.82) is 0 Å². The summed E-state index contributed by atoms with van der Waals surface area (Å²) < 4.78 is 1.81. The van der Waals surface area contributed by atoms with E-state index in [4.69, 9.17) is 0 Å². The first-order chi connectivity index (χ1) is 8.13. The summed E-state index contributed by atoms with van der Waals surface area (Å²) in [5.41, 5.74) is 1.79. The largest absolute Gasteiger partial charge is 0.306 e. The number of fused-ring (bicyclic) bond motifs is 1. The Kier molecular flexibility index (Phi) is 2.74. The van der Waals surface area contributed by atoms with E-state index in [-0.39, 0.29) is 5.70 Å². The van der Waals surface area contributed by atoms with Crippen LogP contribution in [0.15, 0.2) is 48.9 Å². The second-order valence-electron chi connectivity index (χ2n) is 3.55. The van der Waals surface area contributed by atoms with Crippen molar-refractivity contribution in [3.05, 3.63) is 64.8 Å². The van der Waals surface area contributed by atoms with E-state index in [2.05, 4.69) is 11.6 Å². The summed E-state index contributed by atoms with van der Waals surface area (Å²) in [5.74, 6) is 0. The van der Waals surface area contributed by atoms with Gasteiger partial charge in [0.2, 0.25) is 0 Å². The number of hydrogen-bond donors (Lipinski definition) is 0. The van der Waals surface area contributed by atoms with Gasteiger partial charge in [0.05, 0.1) is 16.2 Å². The molecule has 0 aliphatic carbocycles. The Morgan fingerprint density at radius 1 is 1.59 bits per heavy atom. The Bertz CT molecular complexity index is 592. The zero-order valence-corrected chi connectivity index (χ0v) is 9.33. The highest BCUT2D eigenvalue weighted by atomic mass is 16.6. The maximum Gasteiger partial charge on any atom is 0.252 e. The molecule has 0 aliphatic rings. The smallest absolute Gasteiger partial charge is 0.252 e. The molecule has 0 fully saturated rings. The van der Waals surface area contributed by atoms with E-state index < -0.39 is 4.92 Å². The summed E-state index contributed by atoms with van der Waals surface area (Å²) in [7, 11) is 0. The lowest BCUT2D eigenvalue weighted by Crippen LogP contribution is -1.98. The predicted molar refractivity (Wildman–Crippen MR) is 65.0 cm³/mol. The van der Waals surface area contributed by atoms with Crippen molar-refractivity contribution in [1.82, 2.24) is 9.38 Å². The Balaban J connectivity index is 2.62. The summed E-state index contributed by atoms with van der Waals surface area (Å²) in [4.78, 5) is 14.6. The van der Waals surface area contributed by atoms with Crippen LogP contribution in [0.2, 0.25) is 0 Å². The van der Waals surface area contributed by atoms with E-state index in [0.29, 0.717) is 11.3 Å². The molecule has 5 nitrogen and oxygen atoms in total. The molecule has 0 saturated carbocycles. The van der Waals surface area contributed by atoms with Gasteiger partial charge in [0, 0.05) is 19.3 Å². The lowest BCUT2D eigenvalue weighted by molar-refractivity contribution is -0.423. The molecule has 0 saturated heterocycles. The van der Waals surface area contributed by atoms with Gasteiger partial charge in [-0.25, -0.2) is 4.98 Å². The number of rotatable bonds is 3. The van der Waals surface area contributed by atoms with Gasteiger partial charge in [-0.15, -0.1) is 0 Å². The van der Waals surface area contributed by atoms with Crippen LogP contribution in [0.25, 0.3) is 11.2 Å². The molecule has 0 N–H and O–H groups in total. The number of hydrogen-bond acceptors (Lipinski definition) is 3. The molecule has 2 heterocycles. The maximum absolute atomic E-state index is 10.8. The standard InChI is InChI=1S/C12H11N3O2/c1-3-10(9(2)15(16)17)11-8-14-7-5-4-6-12(14)13-11/h3-8H,1H2,2H3/b10-9-. The zero-order valence-electron chi connectivity index (χ0n) is 9.33. The summed E-state index contributed by atoms with van der Waals surface area (Å²) in [6.45, 7) is 5.04. The third-order valence-corrected chi connectivity index (χ3v) is 2.51. The molecule has 0 radical (unpaired) electrons. The van der Waals surface area contributed by atoms with Crippen molar-refractivity contribution in [2.45, 2.75) is 6.92 Å². The average Bonchev–Trinajstić information content (AvgIpc) is 2.72. The van der Waals surface area contributed by atoms with Crippen LogP contribution in [0, 0.1) is 10.1 Å². The molecule has 0 aliphatic heterocycles. The van der Waals surface area contributed by atoms with Crippen molar-refractivity contribution >= 4 is 11.2 Å². The van der Waals surface area contributed by atoms with Gasteiger partial charge in [-0.2, -0.15) is 0 Å². The van der Waals surface area contributed by atoms with Crippen molar-refractivity contribution < 1.29 is 4.92 Å². The predicted octanol–water partition coefficient (Wildman–Crippen LogP) is 2.53. The van der Waals surface area contributed by atoms with Crippen LogP contribution in [0.4, 0.5) is 0 Å². The summed E-state index contributed by atoms with van der Waals surface area (Å²) in [5, 5.41) is 10.8. The average molecular weight is 229 g/mol. The van der Waals surface area contributed by atoms with E-state index in [1.165, 1.54) is 13.0 Å². The lowest BCUT2D eigenvalue weighted by atomic mass is 10.1. The number of nitro groups is 1. The van der Waals surface area contributed by atoms with Crippen LogP contribution in [-0.2, 0) is 0 Å². The van der Waals surface area contributed by atoms with Gasteiger partial charge in [0.1, 0.15) is 5.65 Å². The molecule has 5 heteroatoms. The maximum atomic E-state index is 10.8. The normalized spacial score (nSPS) is 12.3. The fourth-order valence-corrected chi connectivity index (χ4v) is 1.60. The molecule has 0 unspecified atom stereocenters. The fourth-order valence-electron chi connectivity index (χ4n) is 1.60. The van der Waals surface area contributed by atoms with Gasteiger partial charge in [0.25, 0.3) is 5.70 Å². The first-order valence-electron chi connectivity index (χ1n) is 5.05. The molecule has 2 rings (SSSR count). The number of pyridine rings is 1. The van der Waals surface area contributed by atoms with Crippen molar-refractivity contribution in [3.63, 3.8) is 0 Å². The quantitative estimate of drug-likeness (QED) is 0.461. The SMILES string of the molecule is C=C/C(=C(\C)[N+](=O)[O-])c1cn2ccccc2n1. The number of allylic oxidation sites excluding steroid dienone is 3. The van der Waals surface area contributed by atoms with Crippen molar-refractivity contribution in [3.8, 4) is 0 Å². The van der Waals surface area contributed by atoms with Crippen LogP contribution in [-0.4, -0.2) is 14.3 Å². The third-order valence-electron chi connectivity index (χ3n) is 2.51. The number of nitrogens with zero attached hydrogens (tertiary/aromatic N) is 3. The molecule has 0 amide bonds. The third kappa shape index (κ3) is 1.94. The Labute approximate surface area is 97.9 Å². The summed E-state index contributed by atoms with van der Waals surface area (Å²) >= 11 is 0. The number of imidazole rings is 1. The zero-order chi connectivity index (χ0) is 12.4. The topological polar surface area (TPSA) is 60.4 Å². The van der Waals surface area contributed by atoms with E-state index >= 15 is 0 Å². The molecule has 0 bridgehead atoms. The van der Waals surface area contributed by atoms with Crippen molar-refractivity contribution in [2.75, 3.05) is 0 Å². The second kappa shape index (κ2) is 4.21. The van der Waals surface area contributed by atoms with Crippen LogP contribution in [0.1, 0.15) is 12.6 Å². The van der Waals surface area contributed by atoms with E-state index in [0.717, 1.165) is 5.65 Å². The molecule has 2 aromatic heterocycles. The van der Waals surface area contributed by atoms with Crippen LogP contribution < -0.4 is 0 Å². The molecule has 2 aromatic rings. The Hall–Kier alpha value is -2.43. The molecular formula is C12H11N3O2. The highest BCUT2D eigenvalue weighted by Gasteiger charge is 2.14. The van der Waals surface area contributed by atoms with E-state index in [1.807, 2.05) is 28.8 Å². The number of aromatic nitrogens is 2. The van der Waals surface area contributed by atoms with Gasteiger partial charge >= 0.3 is 0 Å². The summed E-state index contributed by atoms with van der Waals surface area (Å²) in [6, 6.07) is 5.57. The van der Waals surface area contributed by atoms with Gasteiger partial charge < -0.3 is 4.40 Å². The minimum absolute atomic E-state index is 0.0448. The molecular weight excluding hydrogens is 218 g/mol. The Morgan fingerprint density at radius 3 is 2.94 bits per heavy atom. The van der Waals surface area contributed by atoms with Crippen LogP contribution in [0.5, 0.6) is 0 Å². The van der Waals surface area contributed by atoms with E-state index in [9.17, 15) is 10.1 Å². The van der Waals surface area contributed by atoms with Gasteiger partial charge in [-0.1, -0.05) is 18.7 Å². The van der Waals surface area contributed by atoms with Gasteiger partial charge in [-0.05, 0) is 12.1 Å². The molecule has 0 spiro atoms. The van der Waals surface area contributed by atoms with Gasteiger partial charge in [-0.3, -0.25) is 10.1 Å². The first-order valence-corrected chi connectivity index (χ1v) is 5.05. The van der Waals surface area contributed by atoms with Gasteiger partial charge in [0.15, 0.2) is 0 Å². The molecule has 17 heavy (non-hydrogen) atoms. The first kappa shape index (κ1) is 11.1. The molecule has 86 valence electrons. The highest BCUT2D eigenvalue weighted by molar-refractivity contribution is 5.73. The minimum atomic E-state index is -0.430. The monoisotopic (exact) mass is 229 g/mol. The Morgan fingerprint density at radius 2 is 2.35 bits per heavy atom. The van der Waals surface area contributed by atoms with E-state index in [1.54, 1.807) is 6.20 Å². The van der Waals surface area contributed by atoms with Crippen molar-refractivity contribution in [2.24, 2.45) is 0 Å². The van der Waals surface area contributed by atoms with Crippen LogP contribution >= 0.6 is 0 Å². The van der Waals surface area contributed by atoms with Crippen LogP contribution in [0.3, 0.4) is 0 Å². The fraction of sp³-hybridized carbons (Fsp3) is 0.0833.